The van der Waals surface area contributed by atoms with Crippen LogP contribution in [0.2, 0.25) is 0 Å². The second-order valence-electron chi connectivity index (χ2n) is 8.22. The van der Waals surface area contributed by atoms with Gasteiger partial charge in [-0.1, -0.05) is 78.9 Å². The van der Waals surface area contributed by atoms with Crippen molar-refractivity contribution in [3.05, 3.63) is 133 Å². The van der Waals surface area contributed by atoms with Gasteiger partial charge in [0.2, 0.25) is 0 Å². The maximum absolute atomic E-state index is 5.90. The van der Waals surface area contributed by atoms with E-state index in [1.807, 2.05) is 12.1 Å². The first-order valence-electron chi connectivity index (χ1n) is 11.2. The predicted octanol–water partition coefficient (Wildman–Crippen LogP) is 8.38. The molecule has 0 unspecified atom stereocenters. The fourth-order valence-electron chi connectivity index (χ4n) is 4.23. The van der Waals surface area contributed by atoms with Crippen LogP contribution < -0.4 is 10.6 Å². The van der Waals surface area contributed by atoms with Crippen LogP contribution in [0.3, 0.4) is 0 Å². The summed E-state index contributed by atoms with van der Waals surface area (Å²) in [4.78, 5) is 2.29. The number of nitrogens with two attached hydrogens (primary N) is 1. The molecule has 0 aliphatic heterocycles. The van der Waals surface area contributed by atoms with Crippen molar-refractivity contribution in [2.24, 2.45) is 0 Å². The van der Waals surface area contributed by atoms with Gasteiger partial charge in [0.15, 0.2) is 0 Å². The van der Waals surface area contributed by atoms with E-state index < -0.39 is 0 Å². The Hall–Kier alpha value is -4.30. The summed E-state index contributed by atoms with van der Waals surface area (Å²) in [6.45, 7) is 2.13. The van der Waals surface area contributed by atoms with Gasteiger partial charge in [-0.2, -0.15) is 0 Å². The largest absolute Gasteiger partial charge is 0.399 e. The molecule has 0 radical (unpaired) electrons. The molecule has 5 aromatic rings. The fraction of sp³-hybridized carbons (Fsp3) is 0.0323. The second kappa shape index (κ2) is 9.05. The summed E-state index contributed by atoms with van der Waals surface area (Å²) in [7, 11) is 0. The topological polar surface area (TPSA) is 29.3 Å². The van der Waals surface area contributed by atoms with Crippen molar-refractivity contribution in [1.82, 2.24) is 0 Å². The lowest BCUT2D eigenvalue weighted by atomic mass is 9.94. The van der Waals surface area contributed by atoms with Crippen LogP contribution in [0.5, 0.6) is 0 Å². The molecular weight excluding hydrogens is 400 g/mol. The van der Waals surface area contributed by atoms with Crippen LogP contribution in [0.15, 0.2) is 127 Å². The maximum Gasteiger partial charge on any atom is 0.0464 e. The summed E-state index contributed by atoms with van der Waals surface area (Å²) in [5, 5.41) is 0. The summed E-state index contributed by atoms with van der Waals surface area (Å²) >= 11 is 0. The molecule has 2 heteroatoms. The lowest BCUT2D eigenvalue weighted by Crippen LogP contribution is -2.09. The number of hydrogen-bond acceptors (Lipinski definition) is 2. The van der Waals surface area contributed by atoms with E-state index in [4.69, 9.17) is 5.73 Å². The number of anilines is 4. The molecule has 160 valence electrons. The first kappa shape index (κ1) is 20.6. The molecule has 5 rings (SSSR count). The number of rotatable bonds is 5. The van der Waals surface area contributed by atoms with Crippen LogP contribution >= 0.6 is 0 Å². The zero-order valence-electron chi connectivity index (χ0n) is 18.6. The van der Waals surface area contributed by atoms with E-state index in [2.05, 4.69) is 127 Å². The number of benzene rings is 5. The van der Waals surface area contributed by atoms with Gasteiger partial charge in [-0.05, 0) is 83.3 Å². The molecule has 0 bridgehead atoms. The fourth-order valence-corrected chi connectivity index (χ4v) is 4.23. The molecule has 0 saturated heterocycles. The third-order valence-electron chi connectivity index (χ3n) is 5.86. The molecule has 0 atom stereocenters. The highest BCUT2D eigenvalue weighted by molar-refractivity contribution is 5.85. The SMILES string of the molecule is Cc1cccc(N(c2ccccc2)c2ccc(-c3ccccc3-c3ccc(N)cc3)cc2)c1. The van der Waals surface area contributed by atoms with E-state index in [1.54, 1.807) is 0 Å². The van der Waals surface area contributed by atoms with Crippen molar-refractivity contribution in [2.75, 3.05) is 10.6 Å². The van der Waals surface area contributed by atoms with Gasteiger partial charge in [0.05, 0.1) is 0 Å². The zero-order chi connectivity index (χ0) is 22.6. The zero-order valence-corrected chi connectivity index (χ0v) is 18.6. The molecule has 0 amide bonds. The molecule has 2 N–H and O–H groups in total. The van der Waals surface area contributed by atoms with Crippen molar-refractivity contribution >= 4 is 22.7 Å². The number of para-hydroxylation sites is 1. The van der Waals surface area contributed by atoms with Gasteiger partial charge in [0.1, 0.15) is 0 Å². The van der Waals surface area contributed by atoms with E-state index in [0.29, 0.717) is 0 Å². The number of hydrogen-bond donors (Lipinski definition) is 1. The van der Waals surface area contributed by atoms with Crippen LogP contribution in [0, 0.1) is 6.92 Å². The monoisotopic (exact) mass is 426 g/mol. The lowest BCUT2D eigenvalue weighted by molar-refractivity contribution is 1.27. The van der Waals surface area contributed by atoms with Gasteiger partial charge < -0.3 is 10.6 Å². The highest BCUT2D eigenvalue weighted by atomic mass is 15.1. The third kappa shape index (κ3) is 4.37. The molecule has 0 fully saturated rings. The van der Waals surface area contributed by atoms with E-state index in [9.17, 15) is 0 Å². The summed E-state index contributed by atoms with van der Waals surface area (Å²) in [5.74, 6) is 0. The van der Waals surface area contributed by atoms with Crippen LogP contribution in [-0.4, -0.2) is 0 Å². The van der Waals surface area contributed by atoms with Crippen molar-refractivity contribution in [3.63, 3.8) is 0 Å². The highest BCUT2D eigenvalue weighted by Crippen LogP contribution is 2.37. The van der Waals surface area contributed by atoms with Crippen LogP contribution in [0.25, 0.3) is 22.3 Å². The Labute approximate surface area is 195 Å². The first-order chi connectivity index (χ1) is 16.2. The van der Waals surface area contributed by atoms with Crippen LogP contribution in [0.4, 0.5) is 22.7 Å². The minimum Gasteiger partial charge on any atom is -0.399 e. The maximum atomic E-state index is 5.90. The summed E-state index contributed by atoms with van der Waals surface area (Å²) in [6.07, 6.45) is 0. The van der Waals surface area contributed by atoms with Gasteiger partial charge in [0, 0.05) is 22.7 Å². The Morgan fingerprint density at radius 3 is 1.61 bits per heavy atom. The van der Waals surface area contributed by atoms with E-state index >= 15 is 0 Å². The average Bonchev–Trinajstić information content (AvgIpc) is 2.86. The van der Waals surface area contributed by atoms with E-state index in [0.717, 1.165) is 28.3 Å². The quantitative estimate of drug-likeness (QED) is 0.286. The Morgan fingerprint density at radius 2 is 1.00 bits per heavy atom. The Morgan fingerprint density at radius 1 is 0.485 bits per heavy atom. The molecule has 5 aromatic carbocycles. The molecule has 0 aliphatic rings. The predicted molar refractivity (Wildman–Crippen MR) is 141 cm³/mol. The Balaban J connectivity index is 1.56. The number of aryl methyl sites for hydroxylation is 1. The van der Waals surface area contributed by atoms with E-state index in [-0.39, 0.29) is 0 Å². The van der Waals surface area contributed by atoms with Crippen LogP contribution in [0.1, 0.15) is 5.56 Å². The average molecular weight is 427 g/mol. The smallest absolute Gasteiger partial charge is 0.0464 e. The second-order valence-corrected chi connectivity index (χ2v) is 8.22. The summed E-state index contributed by atoms with van der Waals surface area (Å²) in [6, 6.07) is 44.5. The minimum absolute atomic E-state index is 0.776. The van der Waals surface area contributed by atoms with Crippen molar-refractivity contribution in [2.45, 2.75) is 6.92 Å². The molecule has 0 aliphatic carbocycles. The Kier molecular flexibility index (Phi) is 5.65. The van der Waals surface area contributed by atoms with Gasteiger partial charge in [-0.3, -0.25) is 0 Å². The van der Waals surface area contributed by atoms with Gasteiger partial charge in [0.25, 0.3) is 0 Å². The van der Waals surface area contributed by atoms with Crippen molar-refractivity contribution in [1.29, 1.82) is 0 Å². The summed E-state index contributed by atoms with van der Waals surface area (Å²) < 4.78 is 0. The summed E-state index contributed by atoms with van der Waals surface area (Å²) in [5.41, 5.74) is 16.1. The molecular formula is C31H26N2. The van der Waals surface area contributed by atoms with E-state index in [1.165, 1.54) is 22.3 Å². The third-order valence-corrected chi connectivity index (χ3v) is 5.86. The van der Waals surface area contributed by atoms with Gasteiger partial charge >= 0.3 is 0 Å². The Bertz CT molecular complexity index is 1350. The molecule has 0 saturated carbocycles. The lowest BCUT2D eigenvalue weighted by Gasteiger charge is -2.26. The molecule has 2 nitrogen and oxygen atoms in total. The first-order valence-corrected chi connectivity index (χ1v) is 11.2. The van der Waals surface area contributed by atoms with Crippen molar-refractivity contribution < 1.29 is 0 Å². The molecule has 0 heterocycles. The molecule has 0 aromatic heterocycles. The van der Waals surface area contributed by atoms with Crippen molar-refractivity contribution in [3.8, 4) is 22.3 Å². The van der Waals surface area contributed by atoms with Crippen LogP contribution in [-0.2, 0) is 0 Å². The normalized spacial score (nSPS) is 10.7. The van der Waals surface area contributed by atoms with Gasteiger partial charge in [-0.25, -0.2) is 0 Å². The van der Waals surface area contributed by atoms with Gasteiger partial charge in [-0.15, -0.1) is 0 Å². The standard InChI is InChI=1S/C31H26N2/c1-23-8-7-11-29(22-23)33(27-9-3-2-4-10-27)28-20-16-25(17-21-28)31-13-6-5-12-30(31)24-14-18-26(32)19-15-24/h2-22H,32H2,1H3. The number of nitrogen functional groups attached to an aromatic ring is 1. The number of nitrogens with zero attached hydrogens (tertiary/aromatic N) is 1. The molecule has 33 heavy (non-hydrogen) atoms. The highest BCUT2D eigenvalue weighted by Gasteiger charge is 2.13. The molecule has 0 spiro atoms. The minimum atomic E-state index is 0.776.